The van der Waals surface area contributed by atoms with Crippen LogP contribution in [0.1, 0.15) is 25.8 Å². The van der Waals surface area contributed by atoms with Gasteiger partial charge >= 0.3 is 0 Å². The largest absolute Gasteiger partial charge is 0.356 e. The first-order valence-electron chi connectivity index (χ1n) is 7.97. The molecule has 1 saturated heterocycles. The van der Waals surface area contributed by atoms with Gasteiger partial charge in [-0.05, 0) is 36.3 Å². The highest BCUT2D eigenvalue weighted by Crippen LogP contribution is 2.31. The lowest BCUT2D eigenvalue weighted by molar-refractivity contribution is 0.323. The zero-order chi connectivity index (χ0) is 14.8. The molecule has 2 unspecified atom stereocenters. The molecule has 1 fully saturated rings. The molecule has 1 aliphatic heterocycles. The van der Waals surface area contributed by atoms with Gasteiger partial charge in [-0.1, -0.05) is 38.1 Å². The third-order valence-electron chi connectivity index (χ3n) is 4.86. The van der Waals surface area contributed by atoms with Gasteiger partial charge < -0.3 is 10.2 Å². The second-order valence-electron chi connectivity index (χ2n) is 6.37. The average molecular weight is 283 g/mol. The number of hydrogen-bond donors (Lipinski definition) is 1. The van der Waals surface area contributed by atoms with Crippen molar-refractivity contribution >= 4 is 16.6 Å². The molecule has 1 aliphatic rings. The van der Waals surface area contributed by atoms with Crippen molar-refractivity contribution in [3.05, 3.63) is 36.0 Å². The van der Waals surface area contributed by atoms with Gasteiger partial charge in [0, 0.05) is 31.2 Å². The summed E-state index contributed by atoms with van der Waals surface area (Å²) in [5, 5.41) is 5.84. The maximum Gasteiger partial charge on any atom is 0.136 e. The molecule has 2 atom stereocenters. The van der Waals surface area contributed by atoms with Crippen molar-refractivity contribution in [3.8, 4) is 0 Å². The monoisotopic (exact) mass is 283 g/mol. The van der Waals surface area contributed by atoms with E-state index >= 15 is 0 Å². The molecule has 0 spiro atoms. The molecule has 3 heteroatoms. The molecule has 0 amide bonds. The molecule has 0 saturated carbocycles. The summed E-state index contributed by atoms with van der Waals surface area (Å²) < 4.78 is 0. The minimum atomic E-state index is 0.733. The summed E-state index contributed by atoms with van der Waals surface area (Å²) in [6, 6.07) is 8.65. The maximum atomic E-state index is 4.79. The molecule has 3 rings (SSSR count). The molecule has 1 aromatic carbocycles. The van der Waals surface area contributed by atoms with Crippen LogP contribution in [0.4, 0.5) is 5.82 Å². The molecular formula is C18H25N3. The predicted molar refractivity (Wildman–Crippen MR) is 89.7 cm³/mol. The van der Waals surface area contributed by atoms with E-state index < -0.39 is 0 Å². The highest BCUT2D eigenvalue weighted by molar-refractivity contribution is 5.94. The van der Waals surface area contributed by atoms with Gasteiger partial charge in [0.05, 0.1) is 0 Å². The van der Waals surface area contributed by atoms with Crippen LogP contribution in [0.25, 0.3) is 10.8 Å². The van der Waals surface area contributed by atoms with Gasteiger partial charge in [0.25, 0.3) is 0 Å². The van der Waals surface area contributed by atoms with Crippen molar-refractivity contribution in [1.82, 2.24) is 10.3 Å². The first kappa shape index (κ1) is 14.3. The number of piperidine rings is 1. The zero-order valence-electron chi connectivity index (χ0n) is 13.3. The van der Waals surface area contributed by atoms with E-state index in [2.05, 4.69) is 48.3 Å². The number of nitrogens with zero attached hydrogens (tertiary/aromatic N) is 2. The zero-order valence-corrected chi connectivity index (χ0v) is 13.3. The van der Waals surface area contributed by atoms with Crippen LogP contribution in [0.15, 0.2) is 30.5 Å². The SMILES string of the molecule is CNCc1cnc(N2CCC(C)C(C)C2)c2ccccc12. The van der Waals surface area contributed by atoms with Crippen molar-refractivity contribution in [3.63, 3.8) is 0 Å². The Bertz CT molecular complexity index is 623. The Morgan fingerprint density at radius 3 is 2.67 bits per heavy atom. The Labute approximate surface area is 127 Å². The summed E-state index contributed by atoms with van der Waals surface area (Å²) in [6.07, 6.45) is 3.30. The topological polar surface area (TPSA) is 28.2 Å². The first-order chi connectivity index (χ1) is 10.2. The summed E-state index contributed by atoms with van der Waals surface area (Å²) >= 11 is 0. The Kier molecular flexibility index (Phi) is 4.11. The van der Waals surface area contributed by atoms with E-state index in [9.17, 15) is 0 Å². The molecule has 1 N–H and O–H groups in total. The van der Waals surface area contributed by atoms with Gasteiger partial charge in [-0.2, -0.15) is 0 Å². The van der Waals surface area contributed by atoms with Crippen LogP contribution in [-0.4, -0.2) is 25.1 Å². The summed E-state index contributed by atoms with van der Waals surface area (Å²) in [5.41, 5.74) is 1.27. The number of aromatic nitrogens is 1. The van der Waals surface area contributed by atoms with Crippen molar-refractivity contribution in [2.24, 2.45) is 11.8 Å². The molecular weight excluding hydrogens is 258 g/mol. The third-order valence-corrected chi connectivity index (χ3v) is 4.86. The molecule has 3 nitrogen and oxygen atoms in total. The van der Waals surface area contributed by atoms with E-state index in [1.807, 2.05) is 13.2 Å². The van der Waals surface area contributed by atoms with Crippen LogP contribution in [0.2, 0.25) is 0 Å². The van der Waals surface area contributed by atoms with Crippen molar-refractivity contribution in [1.29, 1.82) is 0 Å². The summed E-state index contributed by atoms with van der Waals surface area (Å²) in [5.74, 6) is 2.71. The number of fused-ring (bicyclic) bond motifs is 1. The molecule has 2 heterocycles. The van der Waals surface area contributed by atoms with Gasteiger partial charge in [-0.15, -0.1) is 0 Å². The van der Waals surface area contributed by atoms with Crippen LogP contribution in [-0.2, 0) is 6.54 Å². The third kappa shape index (κ3) is 2.75. The van der Waals surface area contributed by atoms with Crippen LogP contribution in [0.5, 0.6) is 0 Å². The highest BCUT2D eigenvalue weighted by atomic mass is 15.2. The molecule has 1 aromatic heterocycles. The van der Waals surface area contributed by atoms with E-state index in [1.165, 1.54) is 22.8 Å². The quantitative estimate of drug-likeness (QED) is 0.935. The number of anilines is 1. The lowest BCUT2D eigenvalue weighted by Crippen LogP contribution is -2.39. The fourth-order valence-corrected chi connectivity index (χ4v) is 3.27. The van der Waals surface area contributed by atoms with Gasteiger partial charge in [0.1, 0.15) is 5.82 Å². The Morgan fingerprint density at radius 2 is 1.95 bits per heavy atom. The van der Waals surface area contributed by atoms with Crippen LogP contribution < -0.4 is 10.2 Å². The maximum absolute atomic E-state index is 4.79. The smallest absolute Gasteiger partial charge is 0.136 e. The summed E-state index contributed by atoms with van der Waals surface area (Å²) in [6.45, 7) is 7.82. The van der Waals surface area contributed by atoms with Crippen molar-refractivity contribution < 1.29 is 0 Å². The summed E-state index contributed by atoms with van der Waals surface area (Å²) in [4.78, 5) is 7.26. The lowest BCUT2D eigenvalue weighted by Gasteiger charge is -2.36. The second kappa shape index (κ2) is 6.02. The molecule has 0 bridgehead atoms. The lowest BCUT2D eigenvalue weighted by atomic mass is 9.88. The molecule has 0 aliphatic carbocycles. The van der Waals surface area contributed by atoms with E-state index in [0.29, 0.717) is 0 Å². The molecule has 21 heavy (non-hydrogen) atoms. The highest BCUT2D eigenvalue weighted by Gasteiger charge is 2.24. The molecule has 112 valence electrons. The molecule has 2 aromatic rings. The van der Waals surface area contributed by atoms with Crippen molar-refractivity contribution in [2.75, 3.05) is 25.0 Å². The van der Waals surface area contributed by atoms with Gasteiger partial charge in [0.2, 0.25) is 0 Å². The van der Waals surface area contributed by atoms with E-state index in [0.717, 1.165) is 37.3 Å². The Hall–Kier alpha value is -1.61. The fourth-order valence-electron chi connectivity index (χ4n) is 3.27. The van der Waals surface area contributed by atoms with E-state index in [1.54, 1.807) is 0 Å². The Balaban J connectivity index is 2.01. The van der Waals surface area contributed by atoms with Crippen LogP contribution >= 0.6 is 0 Å². The van der Waals surface area contributed by atoms with E-state index in [-0.39, 0.29) is 0 Å². The Morgan fingerprint density at radius 1 is 1.19 bits per heavy atom. The second-order valence-corrected chi connectivity index (χ2v) is 6.37. The minimum absolute atomic E-state index is 0.733. The predicted octanol–water partition coefficient (Wildman–Crippen LogP) is 3.44. The first-order valence-corrected chi connectivity index (χ1v) is 7.97. The van der Waals surface area contributed by atoms with Crippen molar-refractivity contribution in [2.45, 2.75) is 26.8 Å². The number of rotatable bonds is 3. The fraction of sp³-hybridized carbons (Fsp3) is 0.500. The number of pyridine rings is 1. The molecule has 0 radical (unpaired) electrons. The average Bonchev–Trinajstić information content (AvgIpc) is 2.51. The standard InChI is InChI=1S/C18H25N3/c1-13-8-9-21(12-14(13)2)18-17-7-5-4-6-16(17)15(10-19-3)11-20-18/h4-7,11,13-14,19H,8-10,12H2,1-3H3. The van der Waals surface area contributed by atoms with Gasteiger partial charge in [0.15, 0.2) is 0 Å². The van der Waals surface area contributed by atoms with Gasteiger partial charge in [-0.3, -0.25) is 0 Å². The summed E-state index contributed by atoms with van der Waals surface area (Å²) in [7, 11) is 1.98. The van der Waals surface area contributed by atoms with Crippen LogP contribution in [0.3, 0.4) is 0 Å². The number of hydrogen-bond acceptors (Lipinski definition) is 3. The number of benzene rings is 1. The normalized spacial score (nSPS) is 22.7. The minimum Gasteiger partial charge on any atom is -0.356 e. The number of nitrogens with one attached hydrogen (secondary N) is 1. The van der Waals surface area contributed by atoms with Crippen LogP contribution in [0, 0.1) is 11.8 Å². The van der Waals surface area contributed by atoms with Gasteiger partial charge in [-0.25, -0.2) is 4.98 Å². The van der Waals surface area contributed by atoms with E-state index in [4.69, 9.17) is 4.98 Å².